The molecule has 1 N–H and O–H groups in total. The fourth-order valence-corrected chi connectivity index (χ4v) is 1.89. The van der Waals surface area contributed by atoms with Crippen LogP contribution < -0.4 is 10.1 Å². The zero-order valence-corrected chi connectivity index (χ0v) is 12.7. The van der Waals surface area contributed by atoms with E-state index in [1.165, 1.54) is 36.4 Å². The van der Waals surface area contributed by atoms with Gasteiger partial charge in [-0.3, -0.25) is 25.0 Å². The van der Waals surface area contributed by atoms with E-state index in [1.54, 1.807) is 0 Å². The summed E-state index contributed by atoms with van der Waals surface area (Å²) in [7, 11) is 0. The average molecular weight is 352 g/mol. The SMILES string of the molecule is O=C(COc1ccc([N+](=O)[O-])cc1)Nc1cc([N+](=O)[O-])ccc1Cl. The topological polar surface area (TPSA) is 125 Å². The van der Waals surface area contributed by atoms with Crippen LogP contribution in [0, 0.1) is 20.2 Å². The summed E-state index contributed by atoms with van der Waals surface area (Å²) in [4.78, 5) is 31.9. The monoisotopic (exact) mass is 351 g/mol. The van der Waals surface area contributed by atoms with E-state index in [0.717, 1.165) is 6.07 Å². The number of nitrogens with one attached hydrogen (secondary N) is 1. The molecule has 0 spiro atoms. The van der Waals surface area contributed by atoms with E-state index in [0.29, 0.717) is 0 Å². The second-order valence-corrected chi connectivity index (χ2v) is 4.92. The molecule has 10 heteroatoms. The molecule has 24 heavy (non-hydrogen) atoms. The van der Waals surface area contributed by atoms with E-state index in [2.05, 4.69) is 5.32 Å². The second-order valence-electron chi connectivity index (χ2n) is 4.51. The Bertz CT molecular complexity index is 794. The number of hydrogen-bond acceptors (Lipinski definition) is 6. The molecule has 0 aromatic heterocycles. The molecule has 0 bridgehead atoms. The molecule has 0 unspecified atom stereocenters. The van der Waals surface area contributed by atoms with Crippen molar-refractivity contribution < 1.29 is 19.4 Å². The van der Waals surface area contributed by atoms with Crippen molar-refractivity contribution in [3.05, 3.63) is 67.7 Å². The van der Waals surface area contributed by atoms with Gasteiger partial charge in [-0.15, -0.1) is 0 Å². The molecule has 9 nitrogen and oxygen atoms in total. The van der Waals surface area contributed by atoms with Crippen molar-refractivity contribution in [3.63, 3.8) is 0 Å². The number of carbonyl (C=O) groups is 1. The Labute approximate surface area is 140 Å². The lowest BCUT2D eigenvalue weighted by atomic mass is 10.3. The van der Waals surface area contributed by atoms with Crippen molar-refractivity contribution in [1.29, 1.82) is 0 Å². The number of benzene rings is 2. The highest BCUT2D eigenvalue weighted by Crippen LogP contribution is 2.26. The highest BCUT2D eigenvalue weighted by Gasteiger charge is 2.13. The van der Waals surface area contributed by atoms with E-state index >= 15 is 0 Å². The number of hydrogen-bond donors (Lipinski definition) is 1. The predicted octanol–water partition coefficient (Wildman–Crippen LogP) is 3.17. The molecule has 0 aliphatic heterocycles. The Balaban J connectivity index is 1.97. The number of halogens is 1. The van der Waals surface area contributed by atoms with Crippen LogP contribution >= 0.6 is 11.6 Å². The Morgan fingerprint density at radius 2 is 1.62 bits per heavy atom. The molecule has 0 radical (unpaired) electrons. The van der Waals surface area contributed by atoms with Gasteiger partial charge in [-0.2, -0.15) is 0 Å². The van der Waals surface area contributed by atoms with Gasteiger partial charge >= 0.3 is 0 Å². The Kier molecular flexibility index (Phi) is 5.27. The van der Waals surface area contributed by atoms with Crippen molar-refractivity contribution in [2.75, 3.05) is 11.9 Å². The number of non-ortho nitro benzene ring substituents is 2. The van der Waals surface area contributed by atoms with Crippen molar-refractivity contribution in [1.82, 2.24) is 0 Å². The first-order valence-corrected chi connectivity index (χ1v) is 6.85. The van der Waals surface area contributed by atoms with Gasteiger partial charge in [0.15, 0.2) is 6.61 Å². The molecule has 2 aromatic carbocycles. The number of anilines is 1. The van der Waals surface area contributed by atoms with Gasteiger partial charge in [-0.25, -0.2) is 0 Å². The maximum Gasteiger partial charge on any atom is 0.271 e. The maximum atomic E-state index is 11.8. The van der Waals surface area contributed by atoms with Crippen molar-refractivity contribution in [2.24, 2.45) is 0 Å². The molecule has 2 rings (SSSR count). The molecule has 0 saturated heterocycles. The summed E-state index contributed by atoms with van der Waals surface area (Å²) < 4.78 is 5.18. The molecule has 0 fully saturated rings. The van der Waals surface area contributed by atoms with Gasteiger partial charge in [0, 0.05) is 24.3 Å². The summed E-state index contributed by atoms with van der Waals surface area (Å²) in [5, 5.41) is 23.8. The average Bonchev–Trinajstić information content (AvgIpc) is 2.55. The van der Waals surface area contributed by atoms with Gasteiger partial charge in [-0.1, -0.05) is 11.6 Å². The van der Waals surface area contributed by atoms with Crippen molar-refractivity contribution >= 4 is 34.6 Å². The number of ether oxygens (including phenoxy) is 1. The molecule has 0 heterocycles. The molecule has 124 valence electrons. The van der Waals surface area contributed by atoms with E-state index < -0.39 is 22.4 Å². The summed E-state index contributed by atoms with van der Waals surface area (Å²) in [6.07, 6.45) is 0. The van der Waals surface area contributed by atoms with Gasteiger partial charge in [-0.05, 0) is 18.2 Å². The molecular weight excluding hydrogens is 342 g/mol. The van der Waals surface area contributed by atoms with E-state index in [9.17, 15) is 25.0 Å². The molecule has 2 aromatic rings. The third kappa shape index (κ3) is 4.40. The number of amides is 1. The molecule has 1 amide bonds. The van der Waals surface area contributed by atoms with Crippen LogP contribution in [0.2, 0.25) is 5.02 Å². The standard InChI is InChI=1S/C14H10ClN3O6/c15-12-6-3-10(18(22)23)7-13(12)16-14(19)8-24-11-4-1-9(2-5-11)17(20)21/h1-7H,8H2,(H,16,19). The zero-order valence-electron chi connectivity index (χ0n) is 12.0. The summed E-state index contributed by atoms with van der Waals surface area (Å²) in [5.41, 5.74) is -0.232. The third-order valence-electron chi connectivity index (χ3n) is 2.85. The Hall–Kier alpha value is -3.20. The Morgan fingerprint density at radius 3 is 2.21 bits per heavy atom. The van der Waals surface area contributed by atoms with E-state index in [1.807, 2.05) is 0 Å². The van der Waals surface area contributed by atoms with Gasteiger partial charge in [0.2, 0.25) is 0 Å². The van der Waals surface area contributed by atoms with Crippen LogP contribution in [0.3, 0.4) is 0 Å². The number of nitro groups is 2. The second kappa shape index (κ2) is 7.38. The number of carbonyl (C=O) groups excluding carboxylic acids is 1. The first-order chi connectivity index (χ1) is 11.4. The first-order valence-electron chi connectivity index (χ1n) is 6.48. The van der Waals surface area contributed by atoms with Crippen LogP contribution in [-0.4, -0.2) is 22.4 Å². The number of nitro benzene ring substituents is 2. The van der Waals surface area contributed by atoms with Crippen LogP contribution in [0.25, 0.3) is 0 Å². The minimum Gasteiger partial charge on any atom is -0.484 e. The normalized spacial score (nSPS) is 10.0. The van der Waals surface area contributed by atoms with Gasteiger partial charge in [0.05, 0.1) is 20.6 Å². The van der Waals surface area contributed by atoms with E-state index in [4.69, 9.17) is 16.3 Å². The molecule has 0 aliphatic carbocycles. The summed E-state index contributed by atoms with van der Waals surface area (Å²) >= 11 is 5.87. The lowest BCUT2D eigenvalue weighted by Crippen LogP contribution is -2.20. The van der Waals surface area contributed by atoms with Crippen LogP contribution in [0.1, 0.15) is 0 Å². The minimum atomic E-state index is -0.612. The minimum absolute atomic E-state index is 0.0863. The number of nitrogens with zero attached hydrogens (tertiary/aromatic N) is 2. The quantitative estimate of drug-likeness (QED) is 0.629. The van der Waals surface area contributed by atoms with Crippen molar-refractivity contribution in [3.8, 4) is 5.75 Å². The van der Waals surface area contributed by atoms with Gasteiger partial charge < -0.3 is 10.1 Å². The molecule has 0 aliphatic rings. The fraction of sp³-hybridized carbons (Fsp3) is 0.0714. The number of rotatable bonds is 6. The van der Waals surface area contributed by atoms with Gasteiger partial charge in [0.1, 0.15) is 5.75 Å². The summed E-state index contributed by atoms with van der Waals surface area (Å²) in [6.45, 7) is -0.392. The zero-order chi connectivity index (χ0) is 17.7. The van der Waals surface area contributed by atoms with Crippen LogP contribution in [0.4, 0.5) is 17.1 Å². The highest BCUT2D eigenvalue weighted by molar-refractivity contribution is 6.33. The summed E-state index contributed by atoms with van der Waals surface area (Å²) in [6, 6.07) is 8.83. The maximum absolute atomic E-state index is 11.8. The lowest BCUT2D eigenvalue weighted by molar-refractivity contribution is -0.385. The fourth-order valence-electron chi connectivity index (χ4n) is 1.72. The van der Waals surface area contributed by atoms with Crippen LogP contribution in [0.15, 0.2) is 42.5 Å². The summed E-state index contributed by atoms with van der Waals surface area (Å²) in [5.74, 6) is -0.323. The first kappa shape index (κ1) is 17.2. The highest BCUT2D eigenvalue weighted by atomic mass is 35.5. The van der Waals surface area contributed by atoms with Crippen molar-refractivity contribution in [2.45, 2.75) is 0 Å². The largest absolute Gasteiger partial charge is 0.484 e. The van der Waals surface area contributed by atoms with Crippen LogP contribution in [-0.2, 0) is 4.79 Å². The molecular formula is C14H10ClN3O6. The van der Waals surface area contributed by atoms with E-state index in [-0.39, 0.29) is 27.8 Å². The molecule has 0 atom stereocenters. The lowest BCUT2D eigenvalue weighted by Gasteiger charge is -2.08. The third-order valence-corrected chi connectivity index (χ3v) is 3.18. The molecule has 0 saturated carbocycles. The van der Waals surface area contributed by atoms with Gasteiger partial charge in [0.25, 0.3) is 17.3 Å². The Morgan fingerprint density at radius 1 is 1.04 bits per heavy atom. The van der Waals surface area contributed by atoms with Crippen LogP contribution in [0.5, 0.6) is 5.75 Å². The smallest absolute Gasteiger partial charge is 0.271 e. The predicted molar refractivity (Wildman–Crippen MR) is 85.3 cm³/mol.